The summed E-state index contributed by atoms with van der Waals surface area (Å²) < 4.78 is 16.8. The monoisotopic (exact) mass is 286 g/mol. The number of benzene rings is 1. The summed E-state index contributed by atoms with van der Waals surface area (Å²) in [6.07, 6.45) is 1.67. The van der Waals surface area contributed by atoms with Crippen molar-refractivity contribution in [3.05, 3.63) is 58.5 Å². The number of hydrogen-bond donors (Lipinski definition) is 1. The lowest BCUT2D eigenvalue weighted by Crippen LogP contribution is -2.23. The zero-order valence-electron chi connectivity index (χ0n) is 11.6. The molecule has 0 saturated carbocycles. The fraction of sp³-hybridized carbons (Fsp3) is 0.200. The lowest BCUT2D eigenvalue weighted by molar-refractivity contribution is 0.629. The summed E-state index contributed by atoms with van der Waals surface area (Å²) in [5.74, 6) is 0.377. The summed E-state index contributed by atoms with van der Waals surface area (Å²) in [7, 11) is 0. The number of imidazole rings is 1. The van der Waals surface area contributed by atoms with Crippen molar-refractivity contribution in [1.29, 1.82) is 0 Å². The molecule has 0 spiro atoms. The van der Waals surface area contributed by atoms with Gasteiger partial charge in [-0.3, -0.25) is 4.79 Å². The summed E-state index contributed by atoms with van der Waals surface area (Å²) in [4.78, 5) is 16.4. The third-order valence-electron chi connectivity index (χ3n) is 3.47. The van der Waals surface area contributed by atoms with Crippen LogP contribution in [0.3, 0.4) is 0 Å². The minimum atomic E-state index is -0.323. The largest absolute Gasteiger partial charge is 0.394 e. The SMILES string of the molecule is CCn1c(Cn2cccc(N)c2=O)nc2cc(F)ccc21. The molecule has 0 aliphatic heterocycles. The number of aryl methyl sites for hydroxylation is 1. The topological polar surface area (TPSA) is 65.8 Å². The molecule has 0 aliphatic carbocycles. The Bertz CT molecular complexity index is 866. The number of fused-ring (bicyclic) bond motifs is 1. The first-order chi connectivity index (χ1) is 10.1. The molecule has 2 heterocycles. The molecule has 108 valence electrons. The van der Waals surface area contributed by atoms with Crippen LogP contribution in [0.5, 0.6) is 0 Å². The van der Waals surface area contributed by atoms with E-state index in [1.54, 1.807) is 24.4 Å². The molecule has 1 aromatic carbocycles. The number of rotatable bonds is 3. The Hall–Kier alpha value is -2.63. The molecule has 0 atom stereocenters. The van der Waals surface area contributed by atoms with Crippen LogP contribution in [0.4, 0.5) is 10.1 Å². The van der Waals surface area contributed by atoms with E-state index in [9.17, 15) is 9.18 Å². The van der Waals surface area contributed by atoms with Gasteiger partial charge < -0.3 is 14.9 Å². The molecule has 0 unspecified atom stereocenters. The number of anilines is 1. The van der Waals surface area contributed by atoms with Crippen LogP contribution in [0, 0.1) is 5.82 Å². The molecule has 21 heavy (non-hydrogen) atoms. The zero-order valence-corrected chi connectivity index (χ0v) is 11.6. The number of nitrogens with two attached hydrogens (primary N) is 1. The molecular formula is C15H15FN4O. The maximum atomic E-state index is 13.3. The third-order valence-corrected chi connectivity index (χ3v) is 3.47. The highest BCUT2D eigenvalue weighted by Gasteiger charge is 2.11. The van der Waals surface area contributed by atoms with Gasteiger partial charge in [0.05, 0.1) is 23.3 Å². The van der Waals surface area contributed by atoms with E-state index in [-0.39, 0.29) is 17.1 Å². The third kappa shape index (κ3) is 2.29. The fourth-order valence-corrected chi connectivity index (χ4v) is 2.46. The van der Waals surface area contributed by atoms with E-state index < -0.39 is 0 Å². The first-order valence-corrected chi connectivity index (χ1v) is 6.69. The van der Waals surface area contributed by atoms with Gasteiger partial charge in [-0.05, 0) is 31.2 Å². The van der Waals surface area contributed by atoms with Crippen LogP contribution in [0.15, 0.2) is 41.3 Å². The normalized spacial score (nSPS) is 11.1. The van der Waals surface area contributed by atoms with Crippen LogP contribution >= 0.6 is 0 Å². The lowest BCUT2D eigenvalue weighted by atomic mass is 10.3. The molecule has 2 N–H and O–H groups in total. The van der Waals surface area contributed by atoms with E-state index in [2.05, 4.69) is 4.98 Å². The van der Waals surface area contributed by atoms with E-state index >= 15 is 0 Å². The molecule has 0 aliphatic rings. The molecule has 0 fully saturated rings. The van der Waals surface area contributed by atoms with Gasteiger partial charge >= 0.3 is 0 Å². The van der Waals surface area contributed by atoms with E-state index in [1.807, 2.05) is 11.5 Å². The highest BCUT2D eigenvalue weighted by molar-refractivity contribution is 5.76. The van der Waals surface area contributed by atoms with Crippen LogP contribution in [0.1, 0.15) is 12.7 Å². The van der Waals surface area contributed by atoms with Crippen molar-refractivity contribution >= 4 is 16.7 Å². The molecular weight excluding hydrogens is 271 g/mol. The smallest absolute Gasteiger partial charge is 0.274 e. The van der Waals surface area contributed by atoms with Gasteiger partial charge in [0, 0.05) is 18.8 Å². The maximum Gasteiger partial charge on any atom is 0.274 e. The Labute approximate surface area is 120 Å². The van der Waals surface area contributed by atoms with Gasteiger partial charge in [0.15, 0.2) is 0 Å². The molecule has 6 heteroatoms. The van der Waals surface area contributed by atoms with Gasteiger partial charge in [-0.25, -0.2) is 9.37 Å². The van der Waals surface area contributed by atoms with Crippen molar-refractivity contribution in [3.8, 4) is 0 Å². The van der Waals surface area contributed by atoms with Crippen molar-refractivity contribution in [3.63, 3.8) is 0 Å². The van der Waals surface area contributed by atoms with Gasteiger partial charge in [0.1, 0.15) is 11.6 Å². The van der Waals surface area contributed by atoms with Gasteiger partial charge in [-0.15, -0.1) is 0 Å². The van der Waals surface area contributed by atoms with Crippen molar-refractivity contribution < 1.29 is 4.39 Å². The Morgan fingerprint density at radius 2 is 2.14 bits per heavy atom. The second kappa shape index (κ2) is 5.05. The van der Waals surface area contributed by atoms with Crippen molar-refractivity contribution in [2.45, 2.75) is 20.0 Å². The predicted molar refractivity (Wildman–Crippen MR) is 79.6 cm³/mol. The number of pyridine rings is 1. The predicted octanol–water partition coefficient (Wildman–Crippen LogP) is 1.99. The van der Waals surface area contributed by atoms with E-state index in [0.717, 1.165) is 5.52 Å². The number of halogens is 1. The zero-order chi connectivity index (χ0) is 15.0. The molecule has 0 amide bonds. The standard InChI is InChI=1S/C15H15FN4O/c1-2-20-13-6-5-10(16)8-12(13)18-14(20)9-19-7-3-4-11(17)15(19)21/h3-8H,2,9,17H2,1H3. The first-order valence-electron chi connectivity index (χ1n) is 6.69. The number of nitrogens with zero attached hydrogens (tertiary/aromatic N) is 3. The van der Waals surface area contributed by atoms with E-state index in [4.69, 9.17) is 5.73 Å². The molecule has 0 radical (unpaired) electrons. The van der Waals surface area contributed by atoms with Crippen molar-refractivity contribution in [2.75, 3.05) is 5.73 Å². The summed E-state index contributed by atoms with van der Waals surface area (Å²) in [6, 6.07) is 7.79. The van der Waals surface area contributed by atoms with Crippen molar-refractivity contribution in [2.24, 2.45) is 0 Å². The molecule has 0 saturated heterocycles. The van der Waals surface area contributed by atoms with Gasteiger partial charge in [0.25, 0.3) is 5.56 Å². The van der Waals surface area contributed by atoms with Crippen LogP contribution in [0.2, 0.25) is 0 Å². The van der Waals surface area contributed by atoms with E-state index in [1.165, 1.54) is 16.7 Å². The molecule has 3 rings (SSSR count). The maximum absolute atomic E-state index is 13.3. The number of aromatic nitrogens is 3. The summed E-state index contributed by atoms with van der Waals surface area (Å²) in [5.41, 5.74) is 7.01. The summed E-state index contributed by atoms with van der Waals surface area (Å²) in [6.45, 7) is 2.97. The second-order valence-electron chi connectivity index (χ2n) is 4.80. The van der Waals surface area contributed by atoms with Crippen LogP contribution in [-0.4, -0.2) is 14.1 Å². The van der Waals surface area contributed by atoms with E-state index in [0.29, 0.717) is 24.4 Å². The minimum absolute atomic E-state index is 0.197. The molecule has 3 aromatic rings. The lowest BCUT2D eigenvalue weighted by Gasteiger charge is -2.08. The van der Waals surface area contributed by atoms with Gasteiger partial charge in [-0.1, -0.05) is 0 Å². The Kier molecular flexibility index (Phi) is 3.21. The molecule has 2 aromatic heterocycles. The summed E-state index contributed by atoms with van der Waals surface area (Å²) in [5, 5.41) is 0. The quantitative estimate of drug-likeness (QED) is 0.800. The van der Waals surface area contributed by atoms with Crippen molar-refractivity contribution in [1.82, 2.24) is 14.1 Å². The van der Waals surface area contributed by atoms with Crippen LogP contribution in [0.25, 0.3) is 11.0 Å². The minimum Gasteiger partial charge on any atom is -0.394 e. The van der Waals surface area contributed by atoms with Crippen LogP contribution < -0.4 is 11.3 Å². The first kappa shape index (κ1) is 13.4. The molecule has 5 nitrogen and oxygen atoms in total. The highest BCUT2D eigenvalue weighted by Crippen LogP contribution is 2.18. The number of nitrogen functional groups attached to an aromatic ring is 1. The Morgan fingerprint density at radius 1 is 1.33 bits per heavy atom. The summed E-state index contributed by atoms with van der Waals surface area (Å²) >= 11 is 0. The van der Waals surface area contributed by atoms with Crippen LogP contribution in [-0.2, 0) is 13.1 Å². The Balaban J connectivity index is 2.12. The fourth-order valence-electron chi connectivity index (χ4n) is 2.46. The van der Waals surface area contributed by atoms with Gasteiger partial charge in [0.2, 0.25) is 0 Å². The second-order valence-corrected chi connectivity index (χ2v) is 4.80. The highest BCUT2D eigenvalue weighted by atomic mass is 19.1. The number of hydrogen-bond acceptors (Lipinski definition) is 3. The Morgan fingerprint density at radius 3 is 2.90 bits per heavy atom. The average Bonchev–Trinajstić information content (AvgIpc) is 2.80. The van der Waals surface area contributed by atoms with Gasteiger partial charge in [-0.2, -0.15) is 0 Å². The molecule has 0 bridgehead atoms. The average molecular weight is 286 g/mol.